The first-order chi connectivity index (χ1) is 13.9. The molecule has 2 saturated heterocycles. The molecule has 0 radical (unpaired) electrons. The first-order valence-electron chi connectivity index (χ1n) is 11.2. The predicted molar refractivity (Wildman–Crippen MR) is 134 cm³/mol. The second-order valence-corrected chi connectivity index (χ2v) is 8.51. The van der Waals surface area contributed by atoms with Crippen LogP contribution in [0.5, 0.6) is 0 Å². The SMILES string of the molecule is CN=C(NCCCN(C(C)C)C(C)C)N1CCN(CC(=O)N2CCOCC2)CC1.I. The Morgan fingerprint density at radius 2 is 1.60 bits per heavy atom. The Kier molecular flexibility index (Phi) is 13.2. The smallest absolute Gasteiger partial charge is 0.236 e. The number of hydrogen-bond donors (Lipinski definition) is 1. The summed E-state index contributed by atoms with van der Waals surface area (Å²) in [5, 5.41) is 3.52. The van der Waals surface area contributed by atoms with E-state index in [9.17, 15) is 4.79 Å². The average Bonchev–Trinajstić information content (AvgIpc) is 2.71. The minimum Gasteiger partial charge on any atom is -0.378 e. The van der Waals surface area contributed by atoms with Crippen molar-refractivity contribution in [1.29, 1.82) is 0 Å². The van der Waals surface area contributed by atoms with E-state index in [4.69, 9.17) is 4.74 Å². The molecule has 0 aromatic carbocycles. The summed E-state index contributed by atoms with van der Waals surface area (Å²) >= 11 is 0. The van der Waals surface area contributed by atoms with Crippen LogP contribution in [0, 0.1) is 0 Å². The van der Waals surface area contributed by atoms with Crippen molar-refractivity contribution in [3.63, 3.8) is 0 Å². The van der Waals surface area contributed by atoms with Crippen LogP contribution in [0.3, 0.4) is 0 Å². The quantitative estimate of drug-likeness (QED) is 0.217. The van der Waals surface area contributed by atoms with E-state index in [-0.39, 0.29) is 29.9 Å². The number of piperazine rings is 1. The lowest BCUT2D eigenvalue weighted by atomic mass is 10.2. The summed E-state index contributed by atoms with van der Waals surface area (Å²) in [6.07, 6.45) is 1.10. The van der Waals surface area contributed by atoms with Gasteiger partial charge in [-0.1, -0.05) is 0 Å². The average molecular weight is 539 g/mol. The number of halogens is 1. The van der Waals surface area contributed by atoms with Gasteiger partial charge in [-0.05, 0) is 34.1 Å². The first kappa shape index (κ1) is 27.4. The molecular formula is C21H43IN6O2. The van der Waals surface area contributed by atoms with Crippen molar-refractivity contribution < 1.29 is 9.53 Å². The third-order valence-corrected chi connectivity index (χ3v) is 5.81. The molecule has 2 aliphatic heterocycles. The Hall–Kier alpha value is -0.650. The van der Waals surface area contributed by atoms with Crippen molar-refractivity contribution in [3.05, 3.63) is 0 Å². The molecule has 0 aromatic heterocycles. The zero-order valence-corrected chi connectivity index (χ0v) is 21.9. The minimum absolute atomic E-state index is 0. The predicted octanol–water partition coefficient (Wildman–Crippen LogP) is 1.17. The molecule has 8 nitrogen and oxygen atoms in total. The number of ether oxygens (including phenoxy) is 1. The van der Waals surface area contributed by atoms with Gasteiger partial charge in [0.2, 0.25) is 5.91 Å². The number of aliphatic imine (C=N–C) groups is 1. The van der Waals surface area contributed by atoms with Crippen LogP contribution in [0.25, 0.3) is 0 Å². The van der Waals surface area contributed by atoms with Gasteiger partial charge in [0, 0.05) is 71.5 Å². The number of carbonyl (C=O) groups is 1. The van der Waals surface area contributed by atoms with Gasteiger partial charge in [0.1, 0.15) is 0 Å². The zero-order chi connectivity index (χ0) is 21.2. The van der Waals surface area contributed by atoms with Gasteiger partial charge in [0.05, 0.1) is 19.8 Å². The number of nitrogens with one attached hydrogen (secondary N) is 1. The molecule has 0 spiro atoms. The lowest BCUT2D eigenvalue weighted by Gasteiger charge is -2.37. The van der Waals surface area contributed by atoms with Gasteiger partial charge in [-0.15, -0.1) is 24.0 Å². The molecule has 2 aliphatic rings. The molecule has 9 heteroatoms. The van der Waals surface area contributed by atoms with Crippen molar-refractivity contribution in [3.8, 4) is 0 Å². The standard InChI is InChI=1S/C21H42N6O2.HI/c1-18(2)27(19(3)4)8-6-7-23-21(22-5)26-11-9-24(10-12-26)17-20(28)25-13-15-29-16-14-25;/h18-19H,6-17H2,1-5H3,(H,22,23);1H. The van der Waals surface area contributed by atoms with Crippen molar-refractivity contribution in [2.45, 2.75) is 46.2 Å². The fraction of sp³-hybridized carbons (Fsp3) is 0.905. The summed E-state index contributed by atoms with van der Waals surface area (Å²) in [5.41, 5.74) is 0. The summed E-state index contributed by atoms with van der Waals surface area (Å²) in [4.78, 5) is 25.9. The van der Waals surface area contributed by atoms with Crippen LogP contribution in [0.1, 0.15) is 34.1 Å². The van der Waals surface area contributed by atoms with Crippen molar-refractivity contribution in [1.82, 2.24) is 24.9 Å². The molecule has 2 heterocycles. The van der Waals surface area contributed by atoms with Crippen LogP contribution < -0.4 is 5.32 Å². The molecule has 0 aromatic rings. The zero-order valence-electron chi connectivity index (χ0n) is 19.6. The highest BCUT2D eigenvalue weighted by atomic mass is 127. The molecule has 2 rings (SSSR count). The largest absolute Gasteiger partial charge is 0.378 e. The fourth-order valence-corrected chi connectivity index (χ4v) is 4.13. The van der Waals surface area contributed by atoms with E-state index in [0.717, 1.165) is 64.7 Å². The molecule has 0 atom stereocenters. The first-order valence-corrected chi connectivity index (χ1v) is 11.2. The second kappa shape index (κ2) is 14.4. The summed E-state index contributed by atoms with van der Waals surface area (Å²) in [6.45, 7) is 17.9. The molecular weight excluding hydrogens is 495 g/mol. The number of amides is 1. The lowest BCUT2D eigenvalue weighted by Crippen LogP contribution is -2.55. The fourth-order valence-electron chi connectivity index (χ4n) is 4.13. The lowest BCUT2D eigenvalue weighted by molar-refractivity contribution is -0.136. The summed E-state index contributed by atoms with van der Waals surface area (Å²) in [6, 6.07) is 1.14. The highest BCUT2D eigenvalue weighted by molar-refractivity contribution is 14.0. The summed E-state index contributed by atoms with van der Waals surface area (Å²) < 4.78 is 5.33. The highest BCUT2D eigenvalue weighted by Gasteiger charge is 2.24. The highest BCUT2D eigenvalue weighted by Crippen LogP contribution is 2.07. The normalized spacial score (nSPS) is 18.9. The molecule has 1 N–H and O–H groups in total. The molecule has 0 aliphatic carbocycles. The molecule has 30 heavy (non-hydrogen) atoms. The molecule has 1 amide bonds. The van der Waals surface area contributed by atoms with Gasteiger partial charge < -0.3 is 19.9 Å². The van der Waals surface area contributed by atoms with E-state index in [2.05, 4.69) is 52.7 Å². The van der Waals surface area contributed by atoms with E-state index in [1.165, 1.54) is 0 Å². The number of guanidine groups is 1. The topological polar surface area (TPSA) is 63.7 Å². The van der Waals surface area contributed by atoms with Crippen LogP contribution >= 0.6 is 24.0 Å². The van der Waals surface area contributed by atoms with Gasteiger partial charge in [-0.25, -0.2) is 0 Å². The molecule has 176 valence electrons. The van der Waals surface area contributed by atoms with Crippen molar-refractivity contribution in [2.75, 3.05) is 79.2 Å². The van der Waals surface area contributed by atoms with Crippen LogP contribution in [0.15, 0.2) is 4.99 Å². The van der Waals surface area contributed by atoms with Crippen molar-refractivity contribution >= 4 is 35.8 Å². The Labute approximate surface area is 200 Å². The van der Waals surface area contributed by atoms with Crippen LogP contribution in [-0.2, 0) is 9.53 Å². The summed E-state index contributed by atoms with van der Waals surface area (Å²) in [7, 11) is 1.85. The maximum Gasteiger partial charge on any atom is 0.236 e. The monoisotopic (exact) mass is 538 g/mol. The van der Waals surface area contributed by atoms with Crippen LogP contribution in [0.4, 0.5) is 0 Å². The Morgan fingerprint density at radius 1 is 1.00 bits per heavy atom. The number of hydrogen-bond acceptors (Lipinski definition) is 5. The van der Waals surface area contributed by atoms with Gasteiger partial charge in [-0.3, -0.25) is 19.6 Å². The Bertz CT molecular complexity index is 510. The Balaban J connectivity index is 0.00000450. The maximum atomic E-state index is 12.4. The van der Waals surface area contributed by atoms with E-state index in [0.29, 0.717) is 31.8 Å². The van der Waals surface area contributed by atoms with Crippen LogP contribution in [-0.4, -0.2) is 123 Å². The minimum atomic E-state index is 0. The maximum absolute atomic E-state index is 12.4. The Morgan fingerprint density at radius 3 is 2.13 bits per heavy atom. The third-order valence-electron chi connectivity index (χ3n) is 5.81. The van der Waals surface area contributed by atoms with Gasteiger partial charge in [0.15, 0.2) is 5.96 Å². The van der Waals surface area contributed by atoms with E-state index in [1.807, 2.05) is 11.9 Å². The van der Waals surface area contributed by atoms with Crippen LogP contribution in [0.2, 0.25) is 0 Å². The molecule has 0 saturated carbocycles. The van der Waals surface area contributed by atoms with E-state index in [1.54, 1.807) is 0 Å². The third kappa shape index (κ3) is 8.84. The van der Waals surface area contributed by atoms with Gasteiger partial charge in [-0.2, -0.15) is 0 Å². The molecule has 0 unspecified atom stereocenters. The van der Waals surface area contributed by atoms with E-state index < -0.39 is 0 Å². The van der Waals surface area contributed by atoms with Crippen molar-refractivity contribution in [2.24, 2.45) is 4.99 Å². The van der Waals surface area contributed by atoms with Gasteiger partial charge >= 0.3 is 0 Å². The molecule has 0 bridgehead atoms. The number of nitrogens with zero attached hydrogens (tertiary/aromatic N) is 5. The number of carbonyl (C=O) groups excluding carboxylic acids is 1. The second-order valence-electron chi connectivity index (χ2n) is 8.51. The summed E-state index contributed by atoms with van der Waals surface area (Å²) in [5.74, 6) is 1.20. The van der Waals surface area contributed by atoms with E-state index >= 15 is 0 Å². The number of morpholine rings is 1. The molecule has 2 fully saturated rings. The number of rotatable bonds is 8. The van der Waals surface area contributed by atoms with Gasteiger partial charge in [0.25, 0.3) is 0 Å².